The number of hydrogen-bond acceptors (Lipinski definition) is 2. The van der Waals surface area contributed by atoms with Gasteiger partial charge in [0, 0.05) is 30.6 Å². The third kappa shape index (κ3) is 1.54. The van der Waals surface area contributed by atoms with Crippen molar-refractivity contribution in [3.63, 3.8) is 0 Å². The van der Waals surface area contributed by atoms with E-state index in [1.807, 2.05) is 37.6 Å². The van der Waals surface area contributed by atoms with Gasteiger partial charge < -0.3 is 5.73 Å². The molecular formula is C10H10N3. The Balaban J connectivity index is 2.46. The molecule has 0 saturated carbocycles. The second-order valence-electron chi connectivity index (χ2n) is 2.94. The first-order chi connectivity index (χ1) is 6.25. The molecule has 3 nitrogen and oxygen atoms in total. The Morgan fingerprint density at radius 1 is 1.46 bits per heavy atom. The van der Waals surface area contributed by atoms with E-state index in [2.05, 4.69) is 11.2 Å². The van der Waals surface area contributed by atoms with Gasteiger partial charge in [0.15, 0.2) is 0 Å². The smallest absolute Gasteiger partial charge is 0.0568 e. The standard InChI is InChI=1S/C10H10N3/c1-13-7-9(6-12-13)8-3-2-4-10(11)5-8/h2-3,5-7H,11H2,1H3. The first-order valence-electron chi connectivity index (χ1n) is 4.02. The Morgan fingerprint density at radius 3 is 2.92 bits per heavy atom. The average Bonchev–Trinajstić information content (AvgIpc) is 2.52. The van der Waals surface area contributed by atoms with Gasteiger partial charge in [0.25, 0.3) is 0 Å². The van der Waals surface area contributed by atoms with Gasteiger partial charge in [-0.1, -0.05) is 12.1 Å². The molecule has 65 valence electrons. The van der Waals surface area contributed by atoms with Gasteiger partial charge in [-0.05, 0) is 11.6 Å². The second kappa shape index (κ2) is 2.94. The molecule has 1 aromatic heterocycles. The molecule has 0 spiro atoms. The van der Waals surface area contributed by atoms with Crippen LogP contribution in [-0.4, -0.2) is 9.78 Å². The molecule has 2 N–H and O–H groups in total. The monoisotopic (exact) mass is 172 g/mol. The SMILES string of the molecule is Cn1cc(-c2cc[c]c(N)c2)cn1. The highest BCUT2D eigenvalue weighted by atomic mass is 15.2. The minimum absolute atomic E-state index is 0.654. The molecule has 0 fully saturated rings. The van der Waals surface area contributed by atoms with Crippen LogP contribution in [0.2, 0.25) is 0 Å². The molecule has 0 amide bonds. The molecule has 13 heavy (non-hydrogen) atoms. The summed E-state index contributed by atoms with van der Waals surface area (Å²) in [6.45, 7) is 0. The van der Waals surface area contributed by atoms with Crippen LogP contribution in [0.4, 0.5) is 5.69 Å². The Bertz CT molecular complexity index is 418. The quantitative estimate of drug-likeness (QED) is 0.662. The van der Waals surface area contributed by atoms with Gasteiger partial charge in [-0.3, -0.25) is 4.68 Å². The zero-order valence-electron chi connectivity index (χ0n) is 7.36. The minimum Gasteiger partial charge on any atom is -0.398 e. The van der Waals surface area contributed by atoms with Gasteiger partial charge in [0.05, 0.1) is 6.20 Å². The molecule has 2 aromatic rings. The number of nitrogen functional groups attached to an aromatic ring is 1. The largest absolute Gasteiger partial charge is 0.398 e. The van der Waals surface area contributed by atoms with E-state index in [0.29, 0.717) is 5.69 Å². The van der Waals surface area contributed by atoms with Crippen LogP contribution < -0.4 is 5.73 Å². The number of anilines is 1. The molecule has 0 aliphatic heterocycles. The lowest BCUT2D eigenvalue weighted by Crippen LogP contribution is -1.85. The van der Waals surface area contributed by atoms with Crippen molar-refractivity contribution in [2.24, 2.45) is 7.05 Å². The number of nitrogens with zero attached hydrogens (tertiary/aromatic N) is 2. The summed E-state index contributed by atoms with van der Waals surface area (Å²) in [5.41, 5.74) is 8.42. The fourth-order valence-electron chi connectivity index (χ4n) is 1.23. The van der Waals surface area contributed by atoms with Crippen LogP contribution in [0.15, 0.2) is 30.6 Å². The molecule has 3 heteroatoms. The van der Waals surface area contributed by atoms with E-state index in [1.165, 1.54) is 0 Å². The predicted octanol–water partition coefficient (Wildman–Crippen LogP) is 1.47. The van der Waals surface area contributed by atoms with Crippen molar-refractivity contribution < 1.29 is 0 Å². The predicted molar refractivity (Wildman–Crippen MR) is 51.9 cm³/mol. The fraction of sp³-hybridized carbons (Fsp3) is 0.100. The number of benzene rings is 1. The van der Waals surface area contributed by atoms with Crippen LogP contribution in [0.25, 0.3) is 11.1 Å². The maximum Gasteiger partial charge on any atom is 0.0568 e. The van der Waals surface area contributed by atoms with E-state index >= 15 is 0 Å². The normalized spacial score (nSPS) is 10.2. The van der Waals surface area contributed by atoms with Gasteiger partial charge in [-0.2, -0.15) is 5.10 Å². The van der Waals surface area contributed by atoms with Gasteiger partial charge in [0.2, 0.25) is 0 Å². The first-order valence-corrected chi connectivity index (χ1v) is 4.02. The molecule has 0 unspecified atom stereocenters. The van der Waals surface area contributed by atoms with E-state index in [1.54, 1.807) is 4.68 Å². The molecule has 0 atom stereocenters. The van der Waals surface area contributed by atoms with E-state index in [9.17, 15) is 0 Å². The van der Waals surface area contributed by atoms with Crippen LogP contribution in [0, 0.1) is 6.07 Å². The van der Waals surface area contributed by atoms with Gasteiger partial charge >= 0.3 is 0 Å². The summed E-state index contributed by atoms with van der Waals surface area (Å²) >= 11 is 0. The van der Waals surface area contributed by atoms with Crippen molar-refractivity contribution in [2.75, 3.05) is 5.73 Å². The average molecular weight is 172 g/mol. The maximum absolute atomic E-state index is 5.62. The van der Waals surface area contributed by atoms with Crippen molar-refractivity contribution >= 4 is 5.69 Å². The molecule has 1 radical (unpaired) electrons. The molecule has 0 aliphatic carbocycles. The Kier molecular flexibility index (Phi) is 1.77. The van der Waals surface area contributed by atoms with Crippen LogP contribution in [0.1, 0.15) is 0 Å². The number of rotatable bonds is 1. The Morgan fingerprint density at radius 2 is 2.31 bits per heavy atom. The summed E-state index contributed by atoms with van der Waals surface area (Å²) in [5.74, 6) is 0. The first kappa shape index (κ1) is 7.86. The summed E-state index contributed by atoms with van der Waals surface area (Å²) in [6.07, 6.45) is 3.77. The highest BCUT2D eigenvalue weighted by Gasteiger charge is 1.99. The lowest BCUT2D eigenvalue weighted by molar-refractivity contribution is 0.768. The van der Waals surface area contributed by atoms with E-state index in [0.717, 1.165) is 11.1 Å². The zero-order valence-corrected chi connectivity index (χ0v) is 7.36. The number of aryl methyl sites for hydroxylation is 1. The Labute approximate surface area is 76.8 Å². The summed E-state index contributed by atoms with van der Waals surface area (Å²) < 4.78 is 1.77. The number of aromatic nitrogens is 2. The van der Waals surface area contributed by atoms with E-state index in [4.69, 9.17) is 5.73 Å². The van der Waals surface area contributed by atoms with Gasteiger partial charge in [-0.15, -0.1) is 0 Å². The summed E-state index contributed by atoms with van der Waals surface area (Å²) in [7, 11) is 1.89. The highest BCUT2D eigenvalue weighted by Crippen LogP contribution is 2.19. The summed E-state index contributed by atoms with van der Waals surface area (Å²) in [4.78, 5) is 0. The third-order valence-electron chi connectivity index (χ3n) is 1.86. The zero-order chi connectivity index (χ0) is 9.26. The summed E-state index contributed by atoms with van der Waals surface area (Å²) in [6, 6.07) is 8.57. The molecule has 0 saturated heterocycles. The molecule has 0 bridgehead atoms. The van der Waals surface area contributed by atoms with Gasteiger partial charge in [0.1, 0.15) is 0 Å². The molecule has 1 aromatic carbocycles. The van der Waals surface area contributed by atoms with Crippen LogP contribution in [0.5, 0.6) is 0 Å². The van der Waals surface area contributed by atoms with Crippen LogP contribution >= 0.6 is 0 Å². The van der Waals surface area contributed by atoms with Gasteiger partial charge in [-0.25, -0.2) is 0 Å². The van der Waals surface area contributed by atoms with Crippen molar-refractivity contribution in [1.82, 2.24) is 9.78 Å². The maximum atomic E-state index is 5.62. The highest BCUT2D eigenvalue weighted by molar-refractivity contribution is 5.65. The number of nitrogens with two attached hydrogens (primary N) is 1. The second-order valence-corrected chi connectivity index (χ2v) is 2.94. The minimum atomic E-state index is 0.654. The summed E-state index contributed by atoms with van der Waals surface area (Å²) in [5, 5.41) is 4.09. The topological polar surface area (TPSA) is 43.8 Å². The Hall–Kier alpha value is -1.77. The lowest BCUT2D eigenvalue weighted by Gasteiger charge is -1.97. The van der Waals surface area contributed by atoms with Crippen molar-refractivity contribution in [1.29, 1.82) is 0 Å². The molecular weight excluding hydrogens is 162 g/mol. The van der Waals surface area contributed by atoms with Crippen molar-refractivity contribution in [2.45, 2.75) is 0 Å². The van der Waals surface area contributed by atoms with Crippen LogP contribution in [-0.2, 0) is 7.05 Å². The molecule has 1 heterocycles. The van der Waals surface area contributed by atoms with E-state index < -0.39 is 0 Å². The van der Waals surface area contributed by atoms with Crippen LogP contribution in [0.3, 0.4) is 0 Å². The number of hydrogen-bond donors (Lipinski definition) is 1. The third-order valence-corrected chi connectivity index (χ3v) is 1.86. The van der Waals surface area contributed by atoms with Crippen molar-refractivity contribution in [3.05, 3.63) is 36.7 Å². The molecule has 2 rings (SSSR count). The lowest BCUT2D eigenvalue weighted by atomic mass is 10.1. The van der Waals surface area contributed by atoms with E-state index in [-0.39, 0.29) is 0 Å². The van der Waals surface area contributed by atoms with Crippen molar-refractivity contribution in [3.8, 4) is 11.1 Å². The molecule has 0 aliphatic rings. The fourth-order valence-corrected chi connectivity index (χ4v) is 1.23.